The van der Waals surface area contributed by atoms with E-state index in [2.05, 4.69) is 67.7 Å². The number of carbonyl (C=O) groups excluding carboxylic acids is 1. The Kier molecular flexibility index (Phi) is 8.76. The van der Waals surface area contributed by atoms with E-state index in [0.29, 0.717) is 6.61 Å². The van der Waals surface area contributed by atoms with Crippen molar-refractivity contribution in [3.8, 4) is 0 Å². The molecule has 6 nitrogen and oxygen atoms in total. The van der Waals surface area contributed by atoms with Crippen LogP contribution < -0.4 is 0 Å². The third-order valence-electron chi connectivity index (χ3n) is 6.81. The molecule has 8 heteroatoms. The molecule has 29 heavy (non-hydrogen) atoms. The van der Waals surface area contributed by atoms with E-state index in [9.17, 15) is 4.79 Å². The lowest BCUT2D eigenvalue weighted by atomic mass is 10.0. The molecule has 0 unspecified atom stereocenters. The predicted molar refractivity (Wildman–Crippen MR) is 121 cm³/mol. The second-order valence-corrected chi connectivity index (χ2v) is 20.7. The van der Waals surface area contributed by atoms with Gasteiger partial charge in [0.15, 0.2) is 22.9 Å². The molecule has 0 aromatic heterocycles. The highest BCUT2D eigenvalue weighted by Crippen LogP contribution is 2.42. The van der Waals surface area contributed by atoms with Gasteiger partial charge in [-0.1, -0.05) is 41.5 Å². The van der Waals surface area contributed by atoms with E-state index in [4.69, 9.17) is 23.1 Å². The molecule has 4 atom stereocenters. The van der Waals surface area contributed by atoms with Crippen LogP contribution in [0.15, 0.2) is 0 Å². The molecule has 172 valence electrons. The Bertz CT molecular complexity index is 550. The van der Waals surface area contributed by atoms with Crippen molar-refractivity contribution in [1.82, 2.24) is 0 Å². The van der Waals surface area contributed by atoms with Crippen LogP contribution in [0.3, 0.4) is 0 Å². The van der Waals surface area contributed by atoms with Crippen molar-refractivity contribution in [3.05, 3.63) is 0 Å². The Morgan fingerprint density at radius 3 is 1.86 bits per heavy atom. The van der Waals surface area contributed by atoms with Crippen molar-refractivity contribution in [2.24, 2.45) is 5.92 Å². The molecule has 1 aliphatic heterocycles. The second kappa shape index (κ2) is 9.48. The predicted octanol–water partition coefficient (Wildman–Crippen LogP) is 4.95. The van der Waals surface area contributed by atoms with Gasteiger partial charge in [0.05, 0.1) is 18.6 Å². The maximum atomic E-state index is 11.4. The number of hydrogen-bond acceptors (Lipinski definition) is 6. The Balaban J connectivity index is 3.11. The van der Waals surface area contributed by atoms with Gasteiger partial charge < -0.3 is 23.1 Å². The second-order valence-electron chi connectivity index (χ2n) is 11.2. The van der Waals surface area contributed by atoms with Crippen molar-refractivity contribution in [2.45, 2.75) is 103 Å². The van der Waals surface area contributed by atoms with Crippen LogP contribution in [-0.4, -0.2) is 61.4 Å². The minimum atomic E-state index is -2.08. The van der Waals surface area contributed by atoms with Gasteiger partial charge in [-0.05, 0) is 36.3 Å². The van der Waals surface area contributed by atoms with Gasteiger partial charge in [-0.2, -0.15) is 0 Å². The first-order valence-electron chi connectivity index (χ1n) is 10.6. The van der Waals surface area contributed by atoms with Gasteiger partial charge in [-0.25, -0.2) is 0 Å². The van der Waals surface area contributed by atoms with Gasteiger partial charge >= 0.3 is 5.97 Å². The smallest absolute Gasteiger partial charge is 0.302 e. The molecule has 0 radical (unpaired) electrons. The highest BCUT2D eigenvalue weighted by Gasteiger charge is 2.51. The van der Waals surface area contributed by atoms with Crippen molar-refractivity contribution in [2.75, 3.05) is 20.3 Å². The lowest BCUT2D eigenvalue weighted by Gasteiger charge is -2.41. The van der Waals surface area contributed by atoms with Crippen LogP contribution in [-0.2, 0) is 27.9 Å². The largest absolute Gasteiger partial charge is 0.465 e. The van der Waals surface area contributed by atoms with Gasteiger partial charge in [0.25, 0.3) is 0 Å². The summed E-state index contributed by atoms with van der Waals surface area (Å²) in [4.78, 5) is 11.4. The van der Waals surface area contributed by atoms with Gasteiger partial charge in [0, 0.05) is 14.0 Å². The van der Waals surface area contributed by atoms with Gasteiger partial charge in [-0.15, -0.1) is 0 Å². The Labute approximate surface area is 180 Å². The van der Waals surface area contributed by atoms with Gasteiger partial charge in [-0.3, -0.25) is 4.79 Å². The lowest BCUT2D eigenvalue weighted by Crippen LogP contribution is -2.50. The molecule has 1 saturated heterocycles. The summed E-state index contributed by atoms with van der Waals surface area (Å²) in [7, 11) is -2.41. The van der Waals surface area contributed by atoms with Gasteiger partial charge in [0.2, 0.25) is 0 Å². The third kappa shape index (κ3) is 6.87. The highest BCUT2D eigenvalue weighted by atomic mass is 28.4. The molecule has 0 N–H and O–H groups in total. The summed E-state index contributed by atoms with van der Waals surface area (Å²) in [5.74, 6) is -0.502. The molecule has 0 aromatic carbocycles. The summed E-state index contributed by atoms with van der Waals surface area (Å²) < 4.78 is 30.4. The van der Waals surface area contributed by atoms with E-state index in [-0.39, 0.29) is 40.8 Å². The first kappa shape index (κ1) is 26.8. The van der Waals surface area contributed by atoms with Crippen LogP contribution in [0.4, 0.5) is 0 Å². The van der Waals surface area contributed by atoms with Crippen LogP contribution in [0.2, 0.25) is 36.3 Å². The Morgan fingerprint density at radius 1 is 0.931 bits per heavy atom. The molecule has 0 aliphatic carbocycles. The topological polar surface area (TPSA) is 63.2 Å². The van der Waals surface area contributed by atoms with Crippen molar-refractivity contribution in [3.63, 3.8) is 0 Å². The Hall–Kier alpha value is -0.256. The van der Waals surface area contributed by atoms with Crippen LogP contribution in [0.25, 0.3) is 0 Å². The maximum Gasteiger partial charge on any atom is 0.302 e. The fraction of sp³-hybridized carbons (Fsp3) is 0.952. The zero-order valence-electron chi connectivity index (χ0n) is 20.7. The SMILES string of the molecule is CO[C@H]1O[C@H](CO[Si](C)(C)C(C)(C)C)[C@@H](O[Si](C)(C)C(C)(C)C)[C@H]1COC(C)=O. The molecule has 0 aromatic rings. The standard InChI is InChI=1S/C21H44O6Si2/c1-15(22)24-13-16-18(27-29(11,12)21(5,6)7)17(26-19(16)23-8)14-25-28(9,10)20(2,3)4/h16-19H,13-14H2,1-12H3/t16-,17-,18+,19+/m1/s1. The highest BCUT2D eigenvalue weighted by molar-refractivity contribution is 6.74. The minimum absolute atomic E-state index is 0.0506. The van der Waals surface area contributed by atoms with E-state index in [1.165, 1.54) is 6.92 Å². The molecular formula is C21H44O6Si2. The summed E-state index contributed by atoms with van der Waals surface area (Å²) in [5, 5.41) is 0.161. The summed E-state index contributed by atoms with van der Waals surface area (Å²) in [6, 6.07) is 0. The van der Waals surface area contributed by atoms with E-state index in [1.54, 1.807) is 7.11 Å². The molecule has 1 fully saturated rings. The number of methoxy groups -OCH3 is 1. The number of esters is 1. The molecule has 1 heterocycles. The Morgan fingerprint density at radius 2 is 1.45 bits per heavy atom. The molecular weight excluding hydrogens is 404 g/mol. The van der Waals surface area contributed by atoms with E-state index in [0.717, 1.165) is 0 Å². The third-order valence-corrected chi connectivity index (χ3v) is 15.8. The minimum Gasteiger partial charge on any atom is -0.465 e. The first-order valence-corrected chi connectivity index (χ1v) is 16.4. The summed E-state index contributed by atoms with van der Waals surface area (Å²) in [6.45, 7) is 24.3. The lowest BCUT2D eigenvalue weighted by molar-refractivity contribution is -0.155. The molecule has 0 bridgehead atoms. The molecule has 1 aliphatic rings. The quantitative estimate of drug-likeness (QED) is 0.387. The fourth-order valence-electron chi connectivity index (χ4n) is 2.72. The fourth-order valence-corrected chi connectivity index (χ4v) is 5.09. The van der Waals surface area contributed by atoms with Crippen LogP contribution in [0.1, 0.15) is 48.5 Å². The molecule has 0 amide bonds. The molecule has 0 spiro atoms. The van der Waals surface area contributed by atoms with Crippen LogP contribution >= 0.6 is 0 Å². The van der Waals surface area contributed by atoms with E-state index < -0.39 is 22.9 Å². The average molecular weight is 449 g/mol. The zero-order valence-corrected chi connectivity index (χ0v) is 22.7. The van der Waals surface area contributed by atoms with Crippen LogP contribution in [0.5, 0.6) is 0 Å². The normalized spacial score (nSPS) is 26.6. The number of ether oxygens (including phenoxy) is 3. The van der Waals surface area contributed by atoms with Gasteiger partial charge in [0.1, 0.15) is 12.7 Å². The summed E-state index contributed by atoms with van der Waals surface area (Å²) >= 11 is 0. The number of hydrogen-bond donors (Lipinski definition) is 0. The van der Waals surface area contributed by atoms with Crippen molar-refractivity contribution in [1.29, 1.82) is 0 Å². The average Bonchev–Trinajstić information content (AvgIpc) is 2.85. The number of rotatable bonds is 8. The van der Waals surface area contributed by atoms with Crippen molar-refractivity contribution >= 4 is 22.6 Å². The number of carbonyl (C=O) groups is 1. The van der Waals surface area contributed by atoms with Crippen molar-refractivity contribution < 1.29 is 27.9 Å². The van der Waals surface area contributed by atoms with E-state index >= 15 is 0 Å². The maximum absolute atomic E-state index is 11.4. The van der Waals surface area contributed by atoms with Crippen LogP contribution in [0, 0.1) is 5.92 Å². The summed E-state index contributed by atoms with van der Waals surface area (Å²) in [5.41, 5.74) is 0. The zero-order chi connectivity index (χ0) is 22.8. The summed E-state index contributed by atoms with van der Waals surface area (Å²) in [6.07, 6.45) is -0.995. The molecule has 0 saturated carbocycles. The first-order chi connectivity index (χ1) is 12.9. The van der Waals surface area contributed by atoms with E-state index in [1.807, 2.05) is 0 Å². The monoisotopic (exact) mass is 448 g/mol. The molecule has 1 rings (SSSR count).